The van der Waals surface area contributed by atoms with Gasteiger partial charge in [0.25, 0.3) is 0 Å². The number of nitrogens with one attached hydrogen (secondary N) is 1. The highest BCUT2D eigenvalue weighted by Gasteiger charge is 2.21. The molecule has 1 N–H and O–H groups in total. The largest absolute Gasteiger partial charge is 0.381 e. The Hall–Kier alpha value is -1.72. The molecule has 27 heavy (non-hydrogen) atoms. The Morgan fingerprint density at radius 1 is 1.22 bits per heavy atom. The van der Waals surface area contributed by atoms with E-state index in [4.69, 9.17) is 9.84 Å². The number of aryl methyl sites for hydroxylation is 1. The quantitative estimate of drug-likeness (QED) is 0.540. The Balaban J connectivity index is 1.37. The van der Waals surface area contributed by atoms with Gasteiger partial charge in [0.05, 0.1) is 5.52 Å². The van der Waals surface area contributed by atoms with Crippen molar-refractivity contribution < 1.29 is 9.53 Å². The van der Waals surface area contributed by atoms with E-state index in [0.29, 0.717) is 18.9 Å². The second kappa shape index (κ2) is 8.53. The van der Waals surface area contributed by atoms with Crippen molar-refractivity contribution >= 4 is 16.7 Å². The van der Waals surface area contributed by atoms with E-state index in [1.807, 2.05) is 12.1 Å². The predicted octanol–water partition coefficient (Wildman–Crippen LogP) is 3.73. The molecule has 0 radical (unpaired) electrons. The molecule has 1 aromatic carbocycles. The number of carbonyl (C=O) groups excluding carboxylic acids is 1. The third-order valence-corrected chi connectivity index (χ3v) is 5.95. The fourth-order valence-electron chi connectivity index (χ4n) is 4.01. The molecule has 4 rings (SSSR count). The fraction of sp³-hybridized carbons (Fsp3) is 0.636. The zero-order valence-corrected chi connectivity index (χ0v) is 16.4. The first-order valence-electron chi connectivity index (χ1n) is 10.5. The van der Waals surface area contributed by atoms with Crippen LogP contribution in [0.25, 0.3) is 10.9 Å². The molecule has 0 amide bonds. The number of piperidine rings is 1. The second-order valence-corrected chi connectivity index (χ2v) is 8.26. The monoisotopic (exact) mass is 369 g/mol. The van der Waals surface area contributed by atoms with Crippen molar-refractivity contribution in [3.8, 4) is 0 Å². The van der Waals surface area contributed by atoms with Gasteiger partial charge in [-0.2, -0.15) is 5.10 Å². The molecule has 5 nitrogen and oxygen atoms in total. The molecule has 0 spiro atoms. The molecule has 2 heterocycles. The molecule has 2 aromatic rings. The van der Waals surface area contributed by atoms with E-state index in [-0.39, 0.29) is 5.78 Å². The third kappa shape index (κ3) is 4.77. The van der Waals surface area contributed by atoms with E-state index in [0.717, 1.165) is 60.6 Å². The van der Waals surface area contributed by atoms with E-state index >= 15 is 0 Å². The van der Waals surface area contributed by atoms with Crippen LogP contribution >= 0.6 is 0 Å². The lowest BCUT2D eigenvalue weighted by Crippen LogP contribution is -2.29. The van der Waals surface area contributed by atoms with Crippen LogP contribution in [0, 0.1) is 18.8 Å². The van der Waals surface area contributed by atoms with Crippen LogP contribution in [0.2, 0.25) is 0 Å². The van der Waals surface area contributed by atoms with Gasteiger partial charge in [-0.3, -0.25) is 9.48 Å². The van der Waals surface area contributed by atoms with Gasteiger partial charge >= 0.3 is 0 Å². The van der Waals surface area contributed by atoms with Crippen molar-refractivity contribution in [2.75, 3.05) is 26.3 Å². The summed E-state index contributed by atoms with van der Waals surface area (Å²) in [5.41, 5.74) is 2.89. The fourth-order valence-corrected chi connectivity index (χ4v) is 4.01. The molecule has 1 aliphatic heterocycles. The van der Waals surface area contributed by atoms with Crippen LogP contribution in [-0.4, -0.2) is 41.9 Å². The van der Waals surface area contributed by atoms with Crippen molar-refractivity contribution in [2.24, 2.45) is 11.8 Å². The number of benzene rings is 1. The standard InChI is InChI=1S/C22H31N3O2/c1-16-19(22(26)3-2-12-27-15-18-4-5-18)6-7-21-20(16)14-25(24-21)13-17-8-10-23-11-9-17/h6-7,14,17-18,23H,2-5,8-13,15H2,1H3. The van der Waals surface area contributed by atoms with Gasteiger partial charge in [0.15, 0.2) is 5.78 Å². The van der Waals surface area contributed by atoms with Gasteiger partial charge in [0.2, 0.25) is 0 Å². The van der Waals surface area contributed by atoms with Gasteiger partial charge < -0.3 is 10.1 Å². The minimum Gasteiger partial charge on any atom is -0.381 e. The van der Waals surface area contributed by atoms with Crippen LogP contribution in [0.1, 0.15) is 54.4 Å². The number of fused-ring (bicyclic) bond motifs is 1. The second-order valence-electron chi connectivity index (χ2n) is 8.26. The highest BCUT2D eigenvalue weighted by Crippen LogP contribution is 2.29. The lowest BCUT2D eigenvalue weighted by atomic mass is 9.98. The molecule has 1 aromatic heterocycles. The van der Waals surface area contributed by atoms with E-state index < -0.39 is 0 Å². The Labute approximate surface area is 161 Å². The van der Waals surface area contributed by atoms with Crippen molar-refractivity contribution in [3.63, 3.8) is 0 Å². The summed E-state index contributed by atoms with van der Waals surface area (Å²) < 4.78 is 7.73. The molecule has 5 heteroatoms. The van der Waals surface area contributed by atoms with Crippen LogP contribution in [-0.2, 0) is 11.3 Å². The molecule has 2 aliphatic rings. The Bertz CT molecular complexity index is 788. The van der Waals surface area contributed by atoms with Gasteiger partial charge in [-0.05, 0) is 81.6 Å². The Morgan fingerprint density at radius 3 is 2.81 bits per heavy atom. The molecule has 146 valence electrons. The lowest BCUT2D eigenvalue weighted by molar-refractivity contribution is 0.0926. The Morgan fingerprint density at radius 2 is 2.04 bits per heavy atom. The minimum atomic E-state index is 0.218. The maximum atomic E-state index is 12.7. The summed E-state index contributed by atoms with van der Waals surface area (Å²) in [4.78, 5) is 12.7. The number of aromatic nitrogens is 2. The lowest BCUT2D eigenvalue weighted by Gasteiger charge is -2.22. The van der Waals surface area contributed by atoms with Gasteiger partial charge in [0.1, 0.15) is 0 Å². The smallest absolute Gasteiger partial charge is 0.163 e. The number of Topliss-reactive ketones (excluding diaryl/α,β-unsaturated/α-hetero) is 1. The van der Waals surface area contributed by atoms with E-state index in [2.05, 4.69) is 23.1 Å². The highest BCUT2D eigenvalue weighted by atomic mass is 16.5. The third-order valence-electron chi connectivity index (χ3n) is 5.95. The van der Waals surface area contributed by atoms with Crippen molar-refractivity contribution in [3.05, 3.63) is 29.5 Å². The predicted molar refractivity (Wildman–Crippen MR) is 107 cm³/mol. The molecule has 0 unspecified atom stereocenters. The molecule has 1 saturated heterocycles. The number of ketones is 1. The summed E-state index contributed by atoms with van der Waals surface area (Å²) in [7, 11) is 0. The molecule has 1 aliphatic carbocycles. The van der Waals surface area contributed by atoms with Crippen LogP contribution in [0.3, 0.4) is 0 Å². The first kappa shape index (κ1) is 18.6. The molecular formula is C22H31N3O2. The zero-order chi connectivity index (χ0) is 18.6. The number of hydrogen-bond donors (Lipinski definition) is 1. The van der Waals surface area contributed by atoms with Crippen LogP contribution in [0.5, 0.6) is 0 Å². The summed E-state index contributed by atoms with van der Waals surface area (Å²) in [5, 5.41) is 9.27. The summed E-state index contributed by atoms with van der Waals surface area (Å²) in [6.45, 7) is 6.79. The zero-order valence-electron chi connectivity index (χ0n) is 16.4. The van der Waals surface area contributed by atoms with Crippen LogP contribution < -0.4 is 5.32 Å². The van der Waals surface area contributed by atoms with Crippen molar-refractivity contribution in [1.29, 1.82) is 0 Å². The molecular weight excluding hydrogens is 338 g/mol. The number of carbonyl (C=O) groups is 1. The summed E-state index contributed by atoms with van der Waals surface area (Å²) in [5.74, 6) is 1.69. The van der Waals surface area contributed by atoms with Gasteiger partial charge in [-0.15, -0.1) is 0 Å². The minimum absolute atomic E-state index is 0.218. The first-order chi connectivity index (χ1) is 13.2. The maximum Gasteiger partial charge on any atom is 0.163 e. The van der Waals surface area contributed by atoms with Crippen LogP contribution in [0.4, 0.5) is 0 Å². The Kier molecular flexibility index (Phi) is 5.89. The SMILES string of the molecule is Cc1c(C(=O)CCCOCC2CC2)ccc2nn(CC3CCNCC3)cc12. The van der Waals surface area contributed by atoms with Gasteiger partial charge in [-0.1, -0.05) is 0 Å². The maximum absolute atomic E-state index is 12.7. The van der Waals surface area contributed by atoms with E-state index in [9.17, 15) is 4.79 Å². The number of rotatable bonds is 9. The van der Waals surface area contributed by atoms with Gasteiger partial charge in [0, 0.05) is 43.3 Å². The topological polar surface area (TPSA) is 56.1 Å². The van der Waals surface area contributed by atoms with Crippen LogP contribution in [0.15, 0.2) is 18.3 Å². The number of nitrogens with zero attached hydrogens (tertiary/aromatic N) is 2. The molecule has 1 saturated carbocycles. The molecule has 2 fully saturated rings. The van der Waals surface area contributed by atoms with E-state index in [1.54, 1.807) is 0 Å². The number of hydrogen-bond acceptors (Lipinski definition) is 4. The number of ether oxygens (including phenoxy) is 1. The van der Waals surface area contributed by atoms with Crippen molar-refractivity contribution in [2.45, 2.75) is 52.0 Å². The summed E-state index contributed by atoms with van der Waals surface area (Å²) in [6.07, 6.45) is 8.52. The van der Waals surface area contributed by atoms with E-state index in [1.165, 1.54) is 25.7 Å². The average molecular weight is 370 g/mol. The normalized spacial score (nSPS) is 18.3. The first-order valence-corrected chi connectivity index (χ1v) is 10.5. The van der Waals surface area contributed by atoms with Crippen molar-refractivity contribution in [1.82, 2.24) is 15.1 Å². The van der Waals surface area contributed by atoms with Gasteiger partial charge in [-0.25, -0.2) is 0 Å². The highest BCUT2D eigenvalue weighted by molar-refractivity contribution is 6.01. The summed E-state index contributed by atoms with van der Waals surface area (Å²) >= 11 is 0. The molecule has 0 atom stereocenters. The average Bonchev–Trinajstić information content (AvgIpc) is 3.40. The summed E-state index contributed by atoms with van der Waals surface area (Å²) in [6, 6.07) is 3.95. The molecule has 0 bridgehead atoms.